The lowest BCUT2D eigenvalue weighted by Crippen LogP contribution is -2.55. The van der Waals surface area contributed by atoms with Crippen LogP contribution >= 0.6 is 22.7 Å². The van der Waals surface area contributed by atoms with Gasteiger partial charge in [-0.05, 0) is 54.4 Å². The van der Waals surface area contributed by atoms with Gasteiger partial charge in [-0.1, -0.05) is 117 Å². The third kappa shape index (κ3) is 7.10. The van der Waals surface area contributed by atoms with Crippen LogP contribution in [0.3, 0.4) is 0 Å². The molecule has 0 saturated heterocycles. The summed E-state index contributed by atoms with van der Waals surface area (Å²) in [5.41, 5.74) is 0. The second-order valence-electron chi connectivity index (χ2n) is 11.2. The molecule has 1 unspecified atom stereocenters. The summed E-state index contributed by atoms with van der Waals surface area (Å²) in [7, 11) is -1.64. The summed E-state index contributed by atoms with van der Waals surface area (Å²) in [6.45, 7) is 11.8. The van der Waals surface area contributed by atoms with Crippen molar-refractivity contribution in [3.05, 3.63) is 21.9 Å². The molecule has 1 atom stereocenters. The number of fused-ring (bicyclic) bond motifs is 3. The highest BCUT2D eigenvalue weighted by Crippen LogP contribution is 2.44. The minimum atomic E-state index is -1.64. The Labute approximate surface area is 221 Å². The van der Waals surface area contributed by atoms with Gasteiger partial charge in [0.05, 0.1) is 0 Å². The molecular formula is C31H52S2Si. The molecule has 0 spiro atoms. The Morgan fingerprint density at radius 3 is 1.59 bits per heavy atom. The summed E-state index contributed by atoms with van der Waals surface area (Å²) < 4.78 is 0. The highest BCUT2D eigenvalue weighted by atomic mass is 32.1. The first-order valence-corrected chi connectivity index (χ1v) is 18.8. The van der Waals surface area contributed by atoms with Crippen LogP contribution in [0.5, 0.6) is 0 Å². The summed E-state index contributed by atoms with van der Waals surface area (Å²) in [5, 5.41) is 3.69. The minimum absolute atomic E-state index is 0.915. The molecule has 2 aromatic rings. The van der Waals surface area contributed by atoms with Gasteiger partial charge in [0, 0.05) is 19.5 Å². The van der Waals surface area contributed by atoms with E-state index in [9.17, 15) is 0 Å². The summed E-state index contributed by atoms with van der Waals surface area (Å²) in [5.74, 6) is 0.915. The van der Waals surface area contributed by atoms with Crippen LogP contribution in [0.4, 0.5) is 0 Å². The summed E-state index contributed by atoms with van der Waals surface area (Å²) in [6.07, 6.45) is 21.5. The van der Waals surface area contributed by atoms with E-state index in [1.54, 1.807) is 19.5 Å². The lowest BCUT2D eigenvalue weighted by Gasteiger charge is -2.33. The maximum atomic E-state index is 2.64. The molecule has 34 heavy (non-hydrogen) atoms. The van der Waals surface area contributed by atoms with Crippen molar-refractivity contribution >= 4 is 41.1 Å². The van der Waals surface area contributed by atoms with Gasteiger partial charge < -0.3 is 0 Å². The fourth-order valence-electron chi connectivity index (χ4n) is 6.34. The van der Waals surface area contributed by atoms with Crippen LogP contribution in [0.25, 0.3) is 9.75 Å². The van der Waals surface area contributed by atoms with Crippen molar-refractivity contribution in [1.29, 1.82) is 0 Å². The van der Waals surface area contributed by atoms with Crippen LogP contribution in [0.15, 0.2) is 12.1 Å². The van der Waals surface area contributed by atoms with Gasteiger partial charge in [0.25, 0.3) is 0 Å². The molecule has 0 nitrogen and oxygen atoms in total. The predicted octanol–water partition coefficient (Wildman–Crippen LogP) is 10.5. The first kappa shape index (κ1) is 28.2. The van der Waals surface area contributed by atoms with Crippen LogP contribution in [0.1, 0.15) is 127 Å². The second kappa shape index (κ2) is 14.4. The van der Waals surface area contributed by atoms with E-state index in [4.69, 9.17) is 0 Å². The van der Waals surface area contributed by atoms with Gasteiger partial charge in [0.15, 0.2) is 0 Å². The quantitative estimate of drug-likeness (QED) is 0.136. The van der Waals surface area contributed by atoms with Gasteiger partial charge in [-0.3, -0.25) is 0 Å². The monoisotopic (exact) mass is 516 g/mol. The lowest BCUT2D eigenvalue weighted by molar-refractivity contribution is 0.486. The molecule has 3 heterocycles. The van der Waals surface area contributed by atoms with Gasteiger partial charge in [0.2, 0.25) is 0 Å². The highest BCUT2D eigenvalue weighted by molar-refractivity contribution is 7.29. The molecule has 1 aliphatic rings. The molecule has 192 valence electrons. The first-order chi connectivity index (χ1) is 16.6. The van der Waals surface area contributed by atoms with Gasteiger partial charge in [-0.2, -0.15) is 0 Å². The average molecular weight is 517 g/mol. The predicted molar refractivity (Wildman–Crippen MR) is 162 cm³/mol. The number of aryl methyl sites for hydroxylation is 2. The molecule has 3 heteroatoms. The van der Waals surface area contributed by atoms with Crippen molar-refractivity contribution in [2.45, 2.75) is 143 Å². The summed E-state index contributed by atoms with van der Waals surface area (Å²) in [4.78, 5) is 6.45. The SMILES string of the molecule is CCCCCCCCCCCCC[Si]1(CC(CC)CCCC)c2cc(C)sc2-c2sc(C)cc21. The molecule has 0 aliphatic carbocycles. The fraction of sp³-hybridized carbons (Fsp3) is 0.742. The van der Waals surface area contributed by atoms with Gasteiger partial charge in [0.1, 0.15) is 8.07 Å². The first-order valence-electron chi connectivity index (χ1n) is 14.8. The number of hydrogen-bond acceptors (Lipinski definition) is 2. The van der Waals surface area contributed by atoms with Crippen LogP contribution in [0, 0.1) is 19.8 Å². The van der Waals surface area contributed by atoms with Gasteiger partial charge in [-0.25, -0.2) is 0 Å². The number of rotatable bonds is 18. The van der Waals surface area contributed by atoms with Crippen molar-refractivity contribution in [1.82, 2.24) is 0 Å². The molecular weight excluding hydrogens is 465 g/mol. The number of unbranched alkanes of at least 4 members (excludes halogenated alkanes) is 11. The van der Waals surface area contributed by atoms with E-state index >= 15 is 0 Å². The Balaban J connectivity index is 1.63. The van der Waals surface area contributed by atoms with Gasteiger partial charge in [-0.15, -0.1) is 22.7 Å². The van der Waals surface area contributed by atoms with E-state index < -0.39 is 8.07 Å². The highest BCUT2D eigenvalue weighted by Gasteiger charge is 2.48. The molecule has 0 radical (unpaired) electrons. The average Bonchev–Trinajstić information content (AvgIpc) is 3.46. The van der Waals surface area contributed by atoms with Crippen molar-refractivity contribution in [3.8, 4) is 9.75 Å². The summed E-state index contributed by atoms with van der Waals surface area (Å²) >= 11 is 4.19. The number of thiophene rings is 2. The standard InChI is InChI=1S/C31H52S2Si/c1-6-9-11-12-13-14-15-16-17-18-19-21-34(24-27(8-3)20-10-7-2)28-22-25(4)32-30(28)31-29(34)23-26(5)33-31/h22-23,27H,6-21,24H2,1-5H3. The van der Waals surface area contributed by atoms with Crippen LogP contribution in [0.2, 0.25) is 12.1 Å². The van der Waals surface area contributed by atoms with Crippen LogP contribution < -0.4 is 10.4 Å². The van der Waals surface area contributed by atoms with E-state index in [0.717, 1.165) is 5.92 Å². The molecule has 0 amide bonds. The van der Waals surface area contributed by atoms with Crippen LogP contribution in [-0.2, 0) is 0 Å². The van der Waals surface area contributed by atoms with Crippen molar-refractivity contribution < 1.29 is 0 Å². The Morgan fingerprint density at radius 2 is 1.12 bits per heavy atom. The zero-order valence-corrected chi connectivity index (χ0v) is 25.7. The maximum Gasteiger partial charge on any atom is 0.122 e. The topological polar surface area (TPSA) is 0 Å². The smallest absolute Gasteiger partial charge is 0.122 e. The minimum Gasteiger partial charge on any atom is -0.140 e. The Hall–Kier alpha value is -0.383. The molecule has 1 aliphatic heterocycles. The van der Waals surface area contributed by atoms with Crippen molar-refractivity contribution in [3.63, 3.8) is 0 Å². The molecule has 2 aromatic heterocycles. The number of hydrogen-bond donors (Lipinski definition) is 0. The van der Waals surface area contributed by atoms with E-state index in [1.807, 2.05) is 10.4 Å². The Morgan fingerprint density at radius 1 is 0.647 bits per heavy atom. The van der Waals surface area contributed by atoms with Crippen LogP contribution in [-0.4, -0.2) is 8.07 Å². The lowest BCUT2D eigenvalue weighted by atomic mass is 10.0. The molecule has 0 N–H and O–H groups in total. The third-order valence-electron chi connectivity index (χ3n) is 8.34. The van der Waals surface area contributed by atoms with E-state index in [0.29, 0.717) is 0 Å². The van der Waals surface area contributed by atoms with Gasteiger partial charge >= 0.3 is 0 Å². The largest absolute Gasteiger partial charge is 0.140 e. The van der Waals surface area contributed by atoms with E-state index in [1.165, 1.54) is 108 Å². The van der Waals surface area contributed by atoms with E-state index in [2.05, 4.69) is 69.4 Å². The molecule has 0 bridgehead atoms. The van der Waals surface area contributed by atoms with Crippen molar-refractivity contribution in [2.24, 2.45) is 5.92 Å². The molecule has 0 aromatic carbocycles. The molecule has 3 rings (SSSR count). The maximum absolute atomic E-state index is 2.64. The fourth-order valence-corrected chi connectivity index (χ4v) is 16.1. The zero-order chi connectivity index (χ0) is 24.4. The van der Waals surface area contributed by atoms with E-state index in [-0.39, 0.29) is 0 Å². The Bertz CT molecular complexity index is 799. The Kier molecular flexibility index (Phi) is 11.9. The second-order valence-corrected chi connectivity index (χ2v) is 17.9. The van der Waals surface area contributed by atoms with Crippen molar-refractivity contribution in [2.75, 3.05) is 0 Å². The third-order valence-corrected chi connectivity index (χ3v) is 16.3. The zero-order valence-electron chi connectivity index (χ0n) is 23.1. The molecule has 0 saturated carbocycles. The normalized spacial score (nSPS) is 15.0. The molecule has 0 fully saturated rings. The summed E-state index contributed by atoms with van der Waals surface area (Å²) in [6, 6.07) is 8.28.